The summed E-state index contributed by atoms with van der Waals surface area (Å²) in [6, 6.07) is 5.15. The molecule has 8 atom stereocenters. The maximum atomic E-state index is 13.2. The van der Waals surface area contributed by atoms with Gasteiger partial charge < -0.3 is 49.6 Å². The predicted octanol–water partition coefficient (Wildman–Crippen LogP) is 3.45. The van der Waals surface area contributed by atoms with Crippen molar-refractivity contribution < 1.29 is 54.4 Å². The molecule has 0 aromatic heterocycles. The highest BCUT2D eigenvalue weighted by Gasteiger charge is 2.44. The Morgan fingerprint density at radius 2 is 1.41 bits per heavy atom. The van der Waals surface area contributed by atoms with Crippen LogP contribution >= 0.6 is 0 Å². The molecule has 0 radical (unpaired) electrons. The number of ether oxygens (including phenoxy) is 4. The molecule has 5 unspecified atom stereocenters. The van der Waals surface area contributed by atoms with Crippen molar-refractivity contribution in [3.63, 3.8) is 0 Å². The lowest BCUT2D eigenvalue weighted by atomic mass is 9.89. The summed E-state index contributed by atoms with van der Waals surface area (Å²) in [6.07, 6.45) is 4.67. The molecule has 1 fully saturated rings. The summed E-state index contributed by atoms with van der Waals surface area (Å²) in [5, 5.41) is 62.1. The number of aliphatic hydroxyl groups excluding tert-OH is 6. The van der Waals surface area contributed by atoms with Crippen LogP contribution in [-0.2, 0) is 20.7 Å². The molecular weight excluding hydrogens is 596 g/mol. The number of hydrogen-bond acceptors (Lipinski definition) is 11. The molecule has 1 aliphatic rings. The molecule has 1 aromatic carbocycles. The Kier molecular flexibility index (Phi) is 19.9. The van der Waals surface area contributed by atoms with Gasteiger partial charge in [0.25, 0.3) is 0 Å². The van der Waals surface area contributed by atoms with E-state index in [2.05, 4.69) is 6.92 Å². The van der Waals surface area contributed by atoms with Gasteiger partial charge in [-0.05, 0) is 24.1 Å². The zero-order valence-corrected chi connectivity index (χ0v) is 28.1. The molecule has 1 aliphatic heterocycles. The lowest BCUT2D eigenvalue weighted by Gasteiger charge is -2.40. The minimum absolute atomic E-state index is 0.0401. The summed E-state index contributed by atoms with van der Waals surface area (Å²) in [4.78, 5) is 13.2. The Balaban J connectivity index is 1.92. The lowest BCUT2D eigenvalue weighted by molar-refractivity contribution is -0.304. The summed E-state index contributed by atoms with van der Waals surface area (Å²) in [6.45, 7) is 1.33. The van der Waals surface area contributed by atoms with Crippen molar-refractivity contribution in [3.05, 3.63) is 23.8 Å². The molecule has 0 bridgehead atoms. The minimum Gasteiger partial charge on any atom is -0.493 e. The van der Waals surface area contributed by atoms with Gasteiger partial charge in [-0.15, -0.1) is 0 Å². The van der Waals surface area contributed by atoms with Crippen LogP contribution in [0, 0.1) is 5.92 Å². The van der Waals surface area contributed by atoms with E-state index in [9.17, 15) is 35.4 Å². The van der Waals surface area contributed by atoms with Crippen molar-refractivity contribution >= 4 is 5.78 Å². The number of aliphatic hydroxyl groups is 6. The molecule has 0 amide bonds. The fraction of sp³-hybridized carbons (Fsp3) is 0.800. The minimum atomic E-state index is -1.62. The first-order valence-electron chi connectivity index (χ1n) is 17.2. The fourth-order valence-electron chi connectivity index (χ4n) is 5.96. The van der Waals surface area contributed by atoms with Crippen LogP contribution in [0.1, 0.15) is 102 Å². The summed E-state index contributed by atoms with van der Waals surface area (Å²) in [5.41, 5.74) is 0.683. The molecule has 1 saturated heterocycles. The highest BCUT2D eigenvalue weighted by atomic mass is 16.7. The number of Topliss-reactive ketones (excluding diaryl/α,β-unsaturated/α-hetero) is 1. The third-order valence-corrected chi connectivity index (χ3v) is 8.89. The van der Waals surface area contributed by atoms with Gasteiger partial charge in [0.15, 0.2) is 17.8 Å². The largest absolute Gasteiger partial charge is 0.493 e. The third kappa shape index (κ3) is 13.7. The number of unbranched alkanes of at least 4 members (excludes halogenated alkanes) is 11. The molecule has 11 nitrogen and oxygen atoms in total. The maximum Gasteiger partial charge on any atom is 0.186 e. The number of rotatable bonds is 25. The van der Waals surface area contributed by atoms with Crippen molar-refractivity contribution in [2.75, 3.05) is 27.4 Å². The first-order chi connectivity index (χ1) is 22.2. The molecule has 11 heteroatoms. The molecule has 0 spiro atoms. The summed E-state index contributed by atoms with van der Waals surface area (Å²) in [7, 11) is 3.02. The van der Waals surface area contributed by atoms with Crippen LogP contribution in [-0.4, -0.2) is 107 Å². The second-order valence-electron chi connectivity index (χ2n) is 12.6. The molecule has 0 aliphatic carbocycles. The monoisotopic (exact) mass is 656 g/mol. The zero-order valence-electron chi connectivity index (χ0n) is 28.1. The van der Waals surface area contributed by atoms with Gasteiger partial charge in [0.1, 0.15) is 30.2 Å². The van der Waals surface area contributed by atoms with E-state index in [1.54, 1.807) is 18.2 Å². The second kappa shape index (κ2) is 22.7. The van der Waals surface area contributed by atoms with Crippen LogP contribution in [0.5, 0.6) is 11.5 Å². The molecule has 1 heterocycles. The van der Waals surface area contributed by atoms with E-state index in [0.717, 1.165) is 25.7 Å². The first-order valence-corrected chi connectivity index (χ1v) is 17.2. The van der Waals surface area contributed by atoms with Crippen LogP contribution < -0.4 is 9.47 Å². The number of carbonyl (C=O) groups excluding carboxylic acids is 1. The Bertz CT molecular complexity index is 958. The van der Waals surface area contributed by atoms with Gasteiger partial charge in [-0.3, -0.25) is 4.79 Å². The third-order valence-electron chi connectivity index (χ3n) is 8.89. The van der Waals surface area contributed by atoms with E-state index in [4.69, 9.17) is 18.9 Å². The van der Waals surface area contributed by atoms with E-state index < -0.39 is 55.4 Å². The normalized spacial score (nSPS) is 23.5. The van der Waals surface area contributed by atoms with E-state index in [1.807, 2.05) is 0 Å². The van der Waals surface area contributed by atoms with Gasteiger partial charge in [0, 0.05) is 18.8 Å². The van der Waals surface area contributed by atoms with Crippen LogP contribution in [0.4, 0.5) is 0 Å². The average molecular weight is 657 g/mol. The lowest BCUT2D eigenvalue weighted by Crippen LogP contribution is -2.59. The fourth-order valence-corrected chi connectivity index (χ4v) is 5.96. The second-order valence-corrected chi connectivity index (χ2v) is 12.6. The Labute approximate surface area is 274 Å². The Morgan fingerprint density at radius 1 is 0.826 bits per heavy atom. The number of carbonyl (C=O) groups is 1. The van der Waals surface area contributed by atoms with Crippen molar-refractivity contribution in [3.8, 4) is 11.5 Å². The summed E-state index contributed by atoms with van der Waals surface area (Å²) in [5.74, 6) is -0.0624. The topological polar surface area (TPSA) is 175 Å². The van der Waals surface area contributed by atoms with Crippen LogP contribution in [0.3, 0.4) is 0 Å². The van der Waals surface area contributed by atoms with Gasteiger partial charge in [0.2, 0.25) is 0 Å². The first kappa shape index (κ1) is 40.3. The average Bonchev–Trinajstić information content (AvgIpc) is 3.06. The van der Waals surface area contributed by atoms with E-state index in [1.165, 1.54) is 65.6 Å². The molecule has 2 rings (SSSR count). The van der Waals surface area contributed by atoms with Crippen molar-refractivity contribution in [2.24, 2.45) is 5.92 Å². The highest BCUT2D eigenvalue weighted by molar-refractivity contribution is 5.81. The van der Waals surface area contributed by atoms with Gasteiger partial charge in [-0.25, -0.2) is 0 Å². The summed E-state index contributed by atoms with van der Waals surface area (Å²) >= 11 is 0. The van der Waals surface area contributed by atoms with Gasteiger partial charge >= 0.3 is 0 Å². The number of methoxy groups -OCH3 is 2. The van der Waals surface area contributed by atoms with Gasteiger partial charge in [0.05, 0.1) is 39.6 Å². The molecule has 266 valence electrons. The van der Waals surface area contributed by atoms with Crippen LogP contribution in [0.15, 0.2) is 18.2 Å². The molecule has 0 saturated carbocycles. The van der Waals surface area contributed by atoms with Crippen molar-refractivity contribution in [1.29, 1.82) is 0 Å². The smallest absolute Gasteiger partial charge is 0.186 e. The predicted molar refractivity (Wildman–Crippen MR) is 174 cm³/mol. The standard InChI is InChI=1S/C35H60O11/c1-4-5-6-7-8-9-10-11-12-13-14-15-16-27(38)31(39)25(23-45-35-34(42)33(41)32(40)30(22-36)46-35)21-26(37)19-24-17-18-28(43-2)29(20-24)44-3/h17-18,20,25,27,30-36,38-42H,4-16,19,21-23H2,1-3H3/t25-,27+,30?,31-,32?,33?,34?,35?/m0/s1. The maximum absolute atomic E-state index is 13.2. The summed E-state index contributed by atoms with van der Waals surface area (Å²) < 4.78 is 21.7. The number of hydrogen-bond donors (Lipinski definition) is 6. The van der Waals surface area contributed by atoms with Crippen molar-refractivity contribution in [2.45, 2.75) is 146 Å². The molecule has 1 aromatic rings. The zero-order chi connectivity index (χ0) is 33.9. The number of benzene rings is 1. The molecule has 6 N–H and O–H groups in total. The SMILES string of the molecule is CCCCCCCCCCCCCC[C@@H](O)[C@@H](O)[C@H](COC1OC(CO)C(O)C(O)C1O)CC(=O)Cc1ccc(OC)c(OC)c1. The quantitative estimate of drug-likeness (QED) is 0.0851. The van der Waals surface area contributed by atoms with Crippen molar-refractivity contribution in [1.82, 2.24) is 0 Å². The van der Waals surface area contributed by atoms with Gasteiger partial charge in [-0.2, -0.15) is 0 Å². The highest BCUT2D eigenvalue weighted by Crippen LogP contribution is 2.29. The number of ketones is 1. The molecule has 46 heavy (non-hydrogen) atoms. The van der Waals surface area contributed by atoms with E-state index in [-0.39, 0.29) is 25.2 Å². The van der Waals surface area contributed by atoms with Crippen LogP contribution in [0.25, 0.3) is 0 Å². The van der Waals surface area contributed by atoms with Gasteiger partial charge in [-0.1, -0.05) is 90.0 Å². The van der Waals surface area contributed by atoms with E-state index in [0.29, 0.717) is 23.5 Å². The Hall–Kier alpha value is -1.83. The Morgan fingerprint density at radius 3 is 1.98 bits per heavy atom. The van der Waals surface area contributed by atoms with Crippen LogP contribution in [0.2, 0.25) is 0 Å². The molecular formula is C35H60O11. The van der Waals surface area contributed by atoms with E-state index >= 15 is 0 Å².